The summed E-state index contributed by atoms with van der Waals surface area (Å²) in [5.74, 6) is 1.09. The van der Waals surface area contributed by atoms with Gasteiger partial charge in [-0.05, 0) is 0 Å². The maximum absolute atomic E-state index is 5.74. The lowest BCUT2D eigenvalue weighted by molar-refractivity contribution is 0.166. The van der Waals surface area contributed by atoms with Crippen LogP contribution in [0, 0.1) is 0 Å². The van der Waals surface area contributed by atoms with Gasteiger partial charge in [-0.3, -0.25) is 0 Å². The average molecular weight is 199 g/mol. The zero-order valence-electron chi connectivity index (χ0n) is 9.07. The van der Waals surface area contributed by atoms with Crippen molar-refractivity contribution in [2.45, 2.75) is 32.2 Å². The predicted octanol–water partition coefficient (Wildman–Crippen LogP) is 1.01. The Kier molecular flexibility index (Phi) is 3.23. The van der Waals surface area contributed by atoms with Crippen molar-refractivity contribution in [3.05, 3.63) is 11.7 Å². The Morgan fingerprint density at radius 3 is 2.57 bits per heavy atom. The van der Waals surface area contributed by atoms with E-state index in [1.807, 2.05) is 20.8 Å². The van der Waals surface area contributed by atoms with E-state index < -0.39 is 0 Å². The minimum atomic E-state index is -0.344. The van der Waals surface area contributed by atoms with Crippen LogP contribution in [0.1, 0.15) is 38.5 Å². The number of ether oxygens (including phenoxy) is 1. The lowest BCUT2D eigenvalue weighted by Crippen LogP contribution is -2.18. The van der Waals surface area contributed by atoms with Crippen LogP contribution in [0.4, 0.5) is 0 Å². The number of nitrogens with two attached hydrogens (primary N) is 1. The average Bonchev–Trinajstić information content (AvgIpc) is 2.51. The zero-order valence-corrected chi connectivity index (χ0v) is 9.07. The summed E-state index contributed by atoms with van der Waals surface area (Å²) >= 11 is 0. The van der Waals surface area contributed by atoms with Crippen LogP contribution in [0.5, 0.6) is 0 Å². The number of hydrogen-bond donors (Lipinski definition) is 1. The molecule has 0 aliphatic heterocycles. The summed E-state index contributed by atoms with van der Waals surface area (Å²) in [6, 6.07) is -0.344. The molecule has 0 aliphatic carbocycles. The summed E-state index contributed by atoms with van der Waals surface area (Å²) in [7, 11) is 1.58. The van der Waals surface area contributed by atoms with Crippen LogP contribution in [0.25, 0.3) is 0 Å². The summed E-state index contributed by atoms with van der Waals surface area (Å²) in [5.41, 5.74) is 5.62. The topological polar surface area (TPSA) is 74.2 Å². The molecule has 0 bridgehead atoms. The fourth-order valence-electron chi connectivity index (χ4n) is 0.941. The molecular formula is C9H17N3O2. The molecule has 1 unspecified atom stereocenters. The molecule has 0 spiro atoms. The number of hydrogen-bond acceptors (Lipinski definition) is 5. The Morgan fingerprint density at radius 2 is 2.14 bits per heavy atom. The molecule has 0 saturated heterocycles. The molecule has 1 heterocycles. The lowest BCUT2D eigenvalue weighted by Gasteiger charge is -2.11. The first-order valence-corrected chi connectivity index (χ1v) is 4.53. The van der Waals surface area contributed by atoms with Crippen molar-refractivity contribution >= 4 is 0 Å². The first-order chi connectivity index (χ1) is 6.45. The van der Waals surface area contributed by atoms with E-state index in [0.29, 0.717) is 18.3 Å². The molecule has 0 saturated carbocycles. The van der Waals surface area contributed by atoms with Gasteiger partial charge in [-0.25, -0.2) is 0 Å². The molecule has 5 heteroatoms. The second-order valence-corrected chi connectivity index (χ2v) is 4.27. The van der Waals surface area contributed by atoms with Gasteiger partial charge in [0.1, 0.15) is 6.04 Å². The van der Waals surface area contributed by atoms with E-state index >= 15 is 0 Å². The van der Waals surface area contributed by atoms with Crippen LogP contribution >= 0.6 is 0 Å². The fraction of sp³-hybridized carbons (Fsp3) is 0.778. The van der Waals surface area contributed by atoms with Gasteiger partial charge in [0.25, 0.3) is 0 Å². The van der Waals surface area contributed by atoms with Crippen molar-refractivity contribution in [2.75, 3.05) is 13.7 Å². The molecule has 80 valence electrons. The maximum Gasteiger partial charge on any atom is 0.245 e. The van der Waals surface area contributed by atoms with Crippen LogP contribution in [-0.2, 0) is 10.2 Å². The van der Waals surface area contributed by atoms with E-state index in [2.05, 4.69) is 10.1 Å². The van der Waals surface area contributed by atoms with E-state index in [1.54, 1.807) is 7.11 Å². The standard InChI is InChI=1S/C9H17N3O2/c1-9(2,3)8-11-7(14-12-8)6(10)5-13-4/h6H,5,10H2,1-4H3. The van der Waals surface area contributed by atoms with Crippen LogP contribution < -0.4 is 5.73 Å². The van der Waals surface area contributed by atoms with Gasteiger partial charge in [-0.15, -0.1) is 0 Å². The molecule has 2 N–H and O–H groups in total. The third kappa shape index (κ3) is 2.52. The molecule has 5 nitrogen and oxygen atoms in total. The second kappa shape index (κ2) is 4.06. The summed E-state index contributed by atoms with van der Waals surface area (Å²) in [4.78, 5) is 4.22. The predicted molar refractivity (Wildman–Crippen MR) is 51.8 cm³/mol. The molecule has 0 amide bonds. The molecule has 0 aliphatic rings. The molecule has 1 rings (SSSR count). The SMILES string of the molecule is COCC(N)c1nc(C(C)(C)C)no1. The van der Waals surface area contributed by atoms with Gasteiger partial charge in [0.2, 0.25) is 5.89 Å². The molecule has 1 aromatic rings. The minimum absolute atomic E-state index is 0.117. The van der Waals surface area contributed by atoms with Gasteiger partial charge in [0.15, 0.2) is 5.82 Å². The number of methoxy groups -OCH3 is 1. The fourth-order valence-corrected chi connectivity index (χ4v) is 0.941. The van der Waals surface area contributed by atoms with Gasteiger partial charge in [0.05, 0.1) is 6.61 Å². The van der Waals surface area contributed by atoms with Crippen LogP contribution in [0.2, 0.25) is 0 Å². The molecule has 1 atom stereocenters. The molecular weight excluding hydrogens is 182 g/mol. The third-order valence-electron chi connectivity index (χ3n) is 1.78. The van der Waals surface area contributed by atoms with Crippen molar-refractivity contribution in [3.63, 3.8) is 0 Å². The van der Waals surface area contributed by atoms with E-state index in [-0.39, 0.29) is 11.5 Å². The molecule has 14 heavy (non-hydrogen) atoms. The highest BCUT2D eigenvalue weighted by Crippen LogP contribution is 2.20. The first-order valence-electron chi connectivity index (χ1n) is 4.53. The van der Waals surface area contributed by atoms with Gasteiger partial charge < -0.3 is 15.0 Å². The Balaban J connectivity index is 2.78. The van der Waals surface area contributed by atoms with Gasteiger partial charge in [-0.1, -0.05) is 25.9 Å². The van der Waals surface area contributed by atoms with Crippen molar-refractivity contribution < 1.29 is 9.26 Å². The van der Waals surface area contributed by atoms with E-state index in [1.165, 1.54) is 0 Å². The zero-order chi connectivity index (χ0) is 10.8. The maximum atomic E-state index is 5.74. The van der Waals surface area contributed by atoms with Gasteiger partial charge in [-0.2, -0.15) is 4.98 Å². The first kappa shape index (κ1) is 11.1. The van der Waals surface area contributed by atoms with Crippen LogP contribution in [0.3, 0.4) is 0 Å². The normalized spacial score (nSPS) is 14.4. The molecule has 0 aromatic carbocycles. The van der Waals surface area contributed by atoms with Gasteiger partial charge >= 0.3 is 0 Å². The molecule has 0 fully saturated rings. The van der Waals surface area contributed by atoms with Gasteiger partial charge in [0, 0.05) is 12.5 Å². The molecule has 1 aromatic heterocycles. The quantitative estimate of drug-likeness (QED) is 0.786. The Hall–Kier alpha value is -0.940. The van der Waals surface area contributed by atoms with E-state index in [9.17, 15) is 0 Å². The van der Waals surface area contributed by atoms with E-state index in [4.69, 9.17) is 15.0 Å². The van der Waals surface area contributed by atoms with Crippen molar-refractivity contribution in [2.24, 2.45) is 5.73 Å². The van der Waals surface area contributed by atoms with E-state index in [0.717, 1.165) is 0 Å². The summed E-state index contributed by atoms with van der Waals surface area (Å²) in [6.07, 6.45) is 0. The van der Waals surface area contributed by atoms with Crippen LogP contribution in [0.15, 0.2) is 4.52 Å². The number of rotatable bonds is 3. The third-order valence-corrected chi connectivity index (χ3v) is 1.78. The minimum Gasteiger partial charge on any atom is -0.383 e. The Labute approximate surface area is 83.6 Å². The lowest BCUT2D eigenvalue weighted by atomic mass is 9.96. The van der Waals surface area contributed by atoms with Crippen molar-refractivity contribution in [1.82, 2.24) is 10.1 Å². The smallest absolute Gasteiger partial charge is 0.245 e. The second-order valence-electron chi connectivity index (χ2n) is 4.27. The molecule has 0 radical (unpaired) electrons. The number of nitrogens with zero attached hydrogens (tertiary/aromatic N) is 2. The largest absolute Gasteiger partial charge is 0.383 e. The Bertz CT molecular complexity index is 290. The monoisotopic (exact) mass is 199 g/mol. The van der Waals surface area contributed by atoms with Crippen molar-refractivity contribution in [3.8, 4) is 0 Å². The van der Waals surface area contributed by atoms with Crippen molar-refractivity contribution in [1.29, 1.82) is 0 Å². The highest BCUT2D eigenvalue weighted by atomic mass is 16.5. The summed E-state index contributed by atoms with van der Waals surface area (Å²) in [6.45, 7) is 6.43. The van der Waals surface area contributed by atoms with Crippen LogP contribution in [-0.4, -0.2) is 23.9 Å². The highest BCUT2D eigenvalue weighted by molar-refractivity contribution is 5.01. The number of aromatic nitrogens is 2. The summed E-state index contributed by atoms with van der Waals surface area (Å²) < 4.78 is 9.94. The highest BCUT2D eigenvalue weighted by Gasteiger charge is 2.23. The summed E-state index contributed by atoms with van der Waals surface area (Å²) in [5, 5.41) is 3.87. The Morgan fingerprint density at radius 1 is 1.50 bits per heavy atom.